The van der Waals surface area contributed by atoms with Crippen LogP contribution in [-0.4, -0.2) is 42.0 Å². The van der Waals surface area contributed by atoms with Crippen LogP contribution >= 0.6 is 0 Å². The third kappa shape index (κ3) is 6.19. The number of nitrogens with two attached hydrogens (primary N) is 1. The van der Waals surface area contributed by atoms with E-state index < -0.39 is 17.9 Å². The molecule has 1 heterocycles. The van der Waals surface area contributed by atoms with E-state index in [-0.39, 0.29) is 24.7 Å². The zero-order chi connectivity index (χ0) is 14.3. The summed E-state index contributed by atoms with van der Waals surface area (Å²) in [7, 11) is 0. The Morgan fingerprint density at radius 2 is 2.16 bits per heavy atom. The molecule has 1 aliphatic rings. The van der Waals surface area contributed by atoms with E-state index in [1.165, 1.54) is 0 Å². The molecule has 0 saturated carbocycles. The molecule has 1 saturated heterocycles. The number of primary amides is 1. The Morgan fingerprint density at radius 3 is 2.68 bits per heavy atom. The maximum atomic E-state index is 11.8. The Labute approximate surface area is 111 Å². The van der Waals surface area contributed by atoms with Crippen LogP contribution in [0.4, 0.5) is 0 Å². The average molecular weight is 271 g/mol. The summed E-state index contributed by atoms with van der Waals surface area (Å²) >= 11 is 0. The first-order valence-electron chi connectivity index (χ1n) is 6.50. The van der Waals surface area contributed by atoms with Crippen LogP contribution in [0.1, 0.15) is 32.1 Å². The van der Waals surface area contributed by atoms with Crippen LogP contribution in [0.15, 0.2) is 0 Å². The van der Waals surface area contributed by atoms with E-state index in [4.69, 9.17) is 10.8 Å². The molecule has 108 valence electrons. The first-order valence-corrected chi connectivity index (χ1v) is 6.50. The first kappa shape index (κ1) is 15.4. The number of carbonyl (C=O) groups excluding carboxylic acids is 2. The van der Waals surface area contributed by atoms with Gasteiger partial charge >= 0.3 is 5.97 Å². The quantitative estimate of drug-likeness (QED) is 0.483. The molecule has 0 aromatic heterocycles. The molecule has 0 bridgehead atoms. The Kier molecular flexibility index (Phi) is 6.27. The molecule has 0 spiro atoms. The lowest BCUT2D eigenvalue weighted by Gasteiger charge is -2.23. The molecule has 0 radical (unpaired) electrons. The summed E-state index contributed by atoms with van der Waals surface area (Å²) in [5.41, 5.74) is 4.97. The predicted molar refractivity (Wildman–Crippen MR) is 68.2 cm³/mol. The monoisotopic (exact) mass is 271 g/mol. The molecule has 0 aromatic carbocycles. The van der Waals surface area contributed by atoms with Crippen molar-refractivity contribution >= 4 is 17.8 Å². The van der Waals surface area contributed by atoms with Crippen molar-refractivity contribution in [2.75, 3.05) is 13.1 Å². The van der Waals surface area contributed by atoms with Crippen molar-refractivity contribution < 1.29 is 19.5 Å². The molecule has 19 heavy (non-hydrogen) atoms. The van der Waals surface area contributed by atoms with Crippen molar-refractivity contribution in [1.29, 1.82) is 0 Å². The molecular formula is C12H21N3O4. The molecule has 1 unspecified atom stereocenters. The van der Waals surface area contributed by atoms with E-state index in [9.17, 15) is 14.4 Å². The third-order valence-electron chi connectivity index (χ3n) is 3.19. The van der Waals surface area contributed by atoms with Crippen LogP contribution in [0.2, 0.25) is 0 Å². The smallest absolute Gasteiger partial charge is 0.326 e. The Bertz CT molecular complexity index is 340. The van der Waals surface area contributed by atoms with Gasteiger partial charge in [0.15, 0.2) is 0 Å². The number of nitrogens with one attached hydrogen (secondary N) is 2. The van der Waals surface area contributed by atoms with Gasteiger partial charge in [-0.15, -0.1) is 0 Å². The van der Waals surface area contributed by atoms with Crippen molar-refractivity contribution in [2.24, 2.45) is 11.7 Å². The third-order valence-corrected chi connectivity index (χ3v) is 3.19. The minimum Gasteiger partial charge on any atom is -0.480 e. The lowest BCUT2D eigenvalue weighted by atomic mass is 9.95. The number of hydrogen-bond acceptors (Lipinski definition) is 4. The zero-order valence-electron chi connectivity index (χ0n) is 10.9. The van der Waals surface area contributed by atoms with Crippen molar-refractivity contribution in [2.45, 2.75) is 38.1 Å². The molecule has 7 heteroatoms. The molecule has 1 rings (SSSR count). The highest BCUT2D eigenvalue weighted by atomic mass is 16.4. The second-order valence-corrected chi connectivity index (χ2v) is 4.88. The number of piperidine rings is 1. The SMILES string of the molecule is NC(=O)CC[C@@H](NC(=O)CC1CCCNC1)C(=O)O. The van der Waals surface area contributed by atoms with Crippen LogP contribution in [0.3, 0.4) is 0 Å². The van der Waals surface area contributed by atoms with Crippen LogP contribution in [0, 0.1) is 5.92 Å². The summed E-state index contributed by atoms with van der Waals surface area (Å²) in [6.07, 6.45) is 2.29. The summed E-state index contributed by atoms with van der Waals surface area (Å²) in [5, 5.41) is 14.6. The Morgan fingerprint density at radius 1 is 1.42 bits per heavy atom. The molecule has 5 N–H and O–H groups in total. The van der Waals surface area contributed by atoms with Gasteiger partial charge in [0.1, 0.15) is 6.04 Å². The fourth-order valence-electron chi connectivity index (χ4n) is 2.16. The number of aliphatic carboxylic acids is 1. The minimum atomic E-state index is -1.14. The summed E-state index contributed by atoms with van der Waals surface area (Å²) in [6.45, 7) is 1.75. The molecule has 7 nitrogen and oxygen atoms in total. The molecule has 2 atom stereocenters. The molecule has 2 amide bonds. The number of carboxylic acid groups (broad SMARTS) is 1. The zero-order valence-corrected chi connectivity index (χ0v) is 10.9. The van der Waals surface area contributed by atoms with Crippen LogP contribution in [0.5, 0.6) is 0 Å². The van der Waals surface area contributed by atoms with Gasteiger partial charge in [-0.25, -0.2) is 4.79 Å². The molecule has 1 aliphatic heterocycles. The van der Waals surface area contributed by atoms with Crippen molar-refractivity contribution in [3.8, 4) is 0 Å². The Hall–Kier alpha value is -1.63. The number of carboxylic acids is 1. The van der Waals surface area contributed by atoms with Gasteiger partial charge in [-0.2, -0.15) is 0 Å². The second-order valence-electron chi connectivity index (χ2n) is 4.88. The normalized spacial score (nSPS) is 20.5. The number of amides is 2. The van der Waals surface area contributed by atoms with E-state index in [1.54, 1.807) is 0 Å². The maximum Gasteiger partial charge on any atom is 0.326 e. The summed E-state index contributed by atoms with van der Waals surface area (Å²) in [6, 6.07) is -1.04. The fraction of sp³-hybridized carbons (Fsp3) is 0.750. The predicted octanol–water partition coefficient (Wildman–Crippen LogP) is -0.789. The lowest BCUT2D eigenvalue weighted by molar-refractivity contribution is -0.142. The first-order chi connectivity index (χ1) is 8.99. The van der Waals surface area contributed by atoms with E-state index >= 15 is 0 Å². The Balaban J connectivity index is 2.37. The lowest BCUT2D eigenvalue weighted by Crippen LogP contribution is -2.43. The number of rotatable bonds is 7. The highest BCUT2D eigenvalue weighted by Crippen LogP contribution is 2.14. The standard InChI is InChI=1S/C12H21N3O4/c13-10(16)4-3-9(12(18)19)15-11(17)6-8-2-1-5-14-7-8/h8-9,14H,1-7H2,(H2,13,16)(H,15,17)(H,18,19)/t8?,9-/m1/s1. The van der Waals surface area contributed by atoms with Crippen molar-refractivity contribution in [3.63, 3.8) is 0 Å². The van der Waals surface area contributed by atoms with E-state index in [0.717, 1.165) is 25.9 Å². The molecule has 1 fully saturated rings. The number of hydrogen-bond donors (Lipinski definition) is 4. The van der Waals surface area contributed by atoms with Gasteiger partial charge in [-0.05, 0) is 38.3 Å². The highest BCUT2D eigenvalue weighted by Gasteiger charge is 2.23. The van der Waals surface area contributed by atoms with E-state index in [1.807, 2.05) is 0 Å². The average Bonchev–Trinajstić information content (AvgIpc) is 2.35. The van der Waals surface area contributed by atoms with Gasteiger partial charge in [0.2, 0.25) is 11.8 Å². The van der Waals surface area contributed by atoms with Crippen molar-refractivity contribution in [3.05, 3.63) is 0 Å². The van der Waals surface area contributed by atoms with Crippen LogP contribution < -0.4 is 16.4 Å². The number of carbonyl (C=O) groups is 3. The van der Waals surface area contributed by atoms with Crippen LogP contribution in [-0.2, 0) is 14.4 Å². The highest BCUT2D eigenvalue weighted by molar-refractivity contribution is 5.84. The maximum absolute atomic E-state index is 11.8. The molecule has 0 aromatic rings. The topological polar surface area (TPSA) is 122 Å². The van der Waals surface area contributed by atoms with Crippen LogP contribution in [0.25, 0.3) is 0 Å². The van der Waals surface area contributed by atoms with E-state index in [0.29, 0.717) is 6.42 Å². The second kappa shape index (κ2) is 7.73. The summed E-state index contributed by atoms with van der Waals surface area (Å²) in [5.74, 6) is -1.75. The van der Waals surface area contributed by atoms with E-state index in [2.05, 4.69) is 10.6 Å². The van der Waals surface area contributed by atoms with Gasteiger partial charge in [0.05, 0.1) is 0 Å². The molecule has 0 aliphatic carbocycles. The fourth-order valence-corrected chi connectivity index (χ4v) is 2.16. The largest absolute Gasteiger partial charge is 0.480 e. The van der Waals surface area contributed by atoms with Gasteiger partial charge in [-0.1, -0.05) is 0 Å². The van der Waals surface area contributed by atoms with Crippen molar-refractivity contribution in [1.82, 2.24) is 10.6 Å². The van der Waals surface area contributed by atoms with Gasteiger partial charge in [0.25, 0.3) is 0 Å². The minimum absolute atomic E-state index is 0.0271. The summed E-state index contributed by atoms with van der Waals surface area (Å²) in [4.78, 5) is 33.4. The van der Waals surface area contributed by atoms with Gasteiger partial charge < -0.3 is 21.5 Å². The van der Waals surface area contributed by atoms with Gasteiger partial charge in [0, 0.05) is 12.8 Å². The van der Waals surface area contributed by atoms with Gasteiger partial charge in [-0.3, -0.25) is 9.59 Å². The molecular weight excluding hydrogens is 250 g/mol. The summed E-state index contributed by atoms with van der Waals surface area (Å²) < 4.78 is 0.